The van der Waals surface area contributed by atoms with E-state index in [1.165, 1.54) is 0 Å². The highest BCUT2D eigenvalue weighted by atomic mass is 16.5. The summed E-state index contributed by atoms with van der Waals surface area (Å²) in [5.41, 5.74) is 1.13. The molecular weight excluding hydrogens is 312 g/mol. The summed E-state index contributed by atoms with van der Waals surface area (Å²) in [5.74, 6) is 0.794. The van der Waals surface area contributed by atoms with Crippen LogP contribution in [0.5, 0.6) is 5.75 Å². The van der Waals surface area contributed by atoms with Gasteiger partial charge in [-0.3, -0.25) is 4.90 Å². The zero-order chi connectivity index (χ0) is 17.9. The molecule has 2 rings (SSSR count). The molecule has 2 unspecified atom stereocenters. The van der Waals surface area contributed by atoms with Crippen LogP contribution in [0.1, 0.15) is 20.3 Å². The van der Waals surface area contributed by atoms with Crippen LogP contribution < -0.4 is 10.1 Å². The van der Waals surface area contributed by atoms with E-state index >= 15 is 0 Å². The molecule has 25 heavy (non-hydrogen) atoms. The van der Waals surface area contributed by atoms with E-state index in [-0.39, 0.29) is 0 Å². The van der Waals surface area contributed by atoms with E-state index in [0.29, 0.717) is 19.2 Å². The number of hydrogen-bond acceptors (Lipinski definition) is 4. The van der Waals surface area contributed by atoms with Crippen molar-refractivity contribution in [3.05, 3.63) is 60.7 Å². The van der Waals surface area contributed by atoms with E-state index in [4.69, 9.17) is 4.74 Å². The molecule has 2 N–H and O–H groups in total. The van der Waals surface area contributed by atoms with Gasteiger partial charge in [0.2, 0.25) is 0 Å². The van der Waals surface area contributed by atoms with Crippen LogP contribution in [0, 0.1) is 0 Å². The third-order valence-electron chi connectivity index (χ3n) is 4.34. The maximum atomic E-state index is 10.4. The van der Waals surface area contributed by atoms with Crippen molar-refractivity contribution in [2.45, 2.75) is 32.4 Å². The number of para-hydroxylation sites is 2. The molecule has 0 saturated heterocycles. The second-order valence-electron chi connectivity index (χ2n) is 6.17. The van der Waals surface area contributed by atoms with E-state index in [0.717, 1.165) is 30.9 Å². The van der Waals surface area contributed by atoms with Crippen LogP contribution in [0.4, 0.5) is 5.69 Å². The Morgan fingerprint density at radius 2 is 1.64 bits per heavy atom. The predicted octanol–water partition coefficient (Wildman–Crippen LogP) is 3.64. The van der Waals surface area contributed by atoms with Gasteiger partial charge in [-0.2, -0.15) is 0 Å². The fraction of sp³-hybridized carbons (Fsp3) is 0.429. The molecule has 0 saturated carbocycles. The monoisotopic (exact) mass is 342 g/mol. The maximum absolute atomic E-state index is 10.4. The van der Waals surface area contributed by atoms with Gasteiger partial charge in [-0.15, -0.1) is 0 Å². The molecule has 0 heterocycles. The number of aliphatic hydroxyl groups excluding tert-OH is 1. The lowest BCUT2D eigenvalue weighted by Crippen LogP contribution is -2.45. The van der Waals surface area contributed by atoms with Crippen molar-refractivity contribution in [1.82, 2.24) is 4.90 Å². The van der Waals surface area contributed by atoms with E-state index in [1.54, 1.807) is 0 Å². The number of likely N-dealkylation sites (N-methyl/N-ethyl adjacent to an activating group) is 1. The minimum absolute atomic E-state index is 0.309. The van der Waals surface area contributed by atoms with Gasteiger partial charge >= 0.3 is 0 Å². The first kappa shape index (κ1) is 19.3. The number of rotatable bonds is 11. The van der Waals surface area contributed by atoms with Crippen molar-refractivity contribution < 1.29 is 9.84 Å². The molecular formula is C21H30N2O2. The standard InChI is InChI=1S/C21H30N2O2/c1-3-19(15-22-18-11-7-5-8-12-18)23(4-2)16-20(24)17-25-21-13-9-6-10-14-21/h5-14,19-20,22,24H,3-4,15-17H2,1-2H3. The van der Waals surface area contributed by atoms with Crippen molar-refractivity contribution in [2.75, 3.05) is 31.6 Å². The molecule has 0 aromatic heterocycles. The summed E-state index contributed by atoms with van der Waals surface area (Å²) < 4.78 is 5.66. The Balaban J connectivity index is 1.81. The van der Waals surface area contributed by atoms with Crippen molar-refractivity contribution in [3.8, 4) is 5.75 Å². The molecule has 0 aliphatic heterocycles. The second kappa shape index (κ2) is 10.7. The summed E-state index contributed by atoms with van der Waals surface area (Å²) >= 11 is 0. The average molecular weight is 342 g/mol. The molecule has 0 aliphatic rings. The number of anilines is 1. The molecule has 0 fully saturated rings. The molecule has 136 valence electrons. The zero-order valence-corrected chi connectivity index (χ0v) is 15.3. The first-order valence-electron chi connectivity index (χ1n) is 9.11. The van der Waals surface area contributed by atoms with Crippen LogP contribution in [0.3, 0.4) is 0 Å². The summed E-state index contributed by atoms with van der Waals surface area (Å²) in [6.07, 6.45) is 0.519. The topological polar surface area (TPSA) is 44.7 Å². The van der Waals surface area contributed by atoms with Crippen LogP contribution in [0.25, 0.3) is 0 Å². The molecule has 0 spiro atoms. The average Bonchev–Trinajstić information content (AvgIpc) is 2.67. The normalized spacial score (nSPS) is 13.4. The SMILES string of the molecule is CCC(CNc1ccccc1)N(CC)CC(O)COc1ccccc1. The van der Waals surface area contributed by atoms with Gasteiger partial charge in [0.15, 0.2) is 0 Å². The second-order valence-corrected chi connectivity index (χ2v) is 6.17. The lowest BCUT2D eigenvalue weighted by atomic mass is 10.1. The first-order valence-corrected chi connectivity index (χ1v) is 9.11. The van der Waals surface area contributed by atoms with Gasteiger partial charge in [0, 0.05) is 24.8 Å². The van der Waals surface area contributed by atoms with Crippen LogP contribution in [-0.4, -0.2) is 48.4 Å². The lowest BCUT2D eigenvalue weighted by molar-refractivity contribution is 0.0554. The van der Waals surface area contributed by atoms with Gasteiger partial charge in [0.25, 0.3) is 0 Å². The molecule has 2 aromatic carbocycles. The predicted molar refractivity (Wildman–Crippen MR) is 104 cm³/mol. The summed E-state index contributed by atoms with van der Waals surface area (Å²) in [6, 6.07) is 20.2. The summed E-state index contributed by atoms with van der Waals surface area (Å²) in [7, 11) is 0. The smallest absolute Gasteiger partial charge is 0.119 e. The highest BCUT2D eigenvalue weighted by molar-refractivity contribution is 5.42. The zero-order valence-electron chi connectivity index (χ0n) is 15.3. The highest BCUT2D eigenvalue weighted by Gasteiger charge is 2.19. The fourth-order valence-corrected chi connectivity index (χ4v) is 2.89. The number of hydrogen-bond donors (Lipinski definition) is 2. The van der Waals surface area contributed by atoms with Gasteiger partial charge in [-0.1, -0.05) is 50.2 Å². The number of aliphatic hydroxyl groups is 1. The Morgan fingerprint density at radius 1 is 1.00 bits per heavy atom. The van der Waals surface area contributed by atoms with Crippen molar-refractivity contribution in [2.24, 2.45) is 0 Å². The van der Waals surface area contributed by atoms with E-state index in [1.807, 2.05) is 48.5 Å². The quantitative estimate of drug-likeness (QED) is 0.654. The number of nitrogens with zero attached hydrogens (tertiary/aromatic N) is 1. The van der Waals surface area contributed by atoms with Crippen LogP contribution in [0.2, 0.25) is 0 Å². The fourth-order valence-electron chi connectivity index (χ4n) is 2.89. The largest absolute Gasteiger partial charge is 0.491 e. The van der Waals surface area contributed by atoms with E-state index < -0.39 is 6.10 Å². The van der Waals surface area contributed by atoms with Gasteiger partial charge in [-0.25, -0.2) is 0 Å². The minimum Gasteiger partial charge on any atom is -0.491 e. The Bertz CT molecular complexity index is 577. The molecule has 0 bridgehead atoms. The van der Waals surface area contributed by atoms with Crippen molar-refractivity contribution in [3.63, 3.8) is 0 Å². The Morgan fingerprint density at radius 3 is 2.24 bits per heavy atom. The third-order valence-corrected chi connectivity index (χ3v) is 4.34. The van der Waals surface area contributed by atoms with E-state index in [2.05, 4.69) is 36.2 Å². The molecule has 2 aromatic rings. The molecule has 0 amide bonds. The lowest BCUT2D eigenvalue weighted by Gasteiger charge is -2.32. The van der Waals surface area contributed by atoms with Gasteiger partial charge < -0.3 is 15.2 Å². The first-order chi connectivity index (χ1) is 12.2. The molecule has 0 radical (unpaired) electrons. The van der Waals surface area contributed by atoms with Crippen LogP contribution in [0.15, 0.2) is 60.7 Å². The third kappa shape index (κ3) is 6.77. The van der Waals surface area contributed by atoms with Gasteiger partial charge in [-0.05, 0) is 37.2 Å². The Hall–Kier alpha value is -2.04. The minimum atomic E-state index is -0.508. The van der Waals surface area contributed by atoms with Gasteiger partial charge in [0.05, 0.1) is 0 Å². The Kier molecular flexibility index (Phi) is 8.29. The molecule has 2 atom stereocenters. The highest BCUT2D eigenvalue weighted by Crippen LogP contribution is 2.12. The molecule has 4 nitrogen and oxygen atoms in total. The number of ether oxygens (including phenoxy) is 1. The molecule has 0 aliphatic carbocycles. The van der Waals surface area contributed by atoms with Gasteiger partial charge in [0.1, 0.15) is 18.5 Å². The van der Waals surface area contributed by atoms with E-state index in [9.17, 15) is 5.11 Å². The maximum Gasteiger partial charge on any atom is 0.119 e. The summed E-state index contributed by atoms with van der Waals surface area (Å²) in [6.45, 7) is 7.00. The number of benzene rings is 2. The summed E-state index contributed by atoms with van der Waals surface area (Å²) in [4.78, 5) is 2.31. The number of nitrogens with one attached hydrogen (secondary N) is 1. The summed E-state index contributed by atoms with van der Waals surface area (Å²) in [5, 5.41) is 13.8. The Labute approximate surface area is 151 Å². The van der Waals surface area contributed by atoms with Crippen molar-refractivity contribution in [1.29, 1.82) is 0 Å². The van der Waals surface area contributed by atoms with Crippen molar-refractivity contribution >= 4 is 5.69 Å². The molecule has 4 heteroatoms. The van der Waals surface area contributed by atoms with Crippen LogP contribution >= 0.6 is 0 Å². The van der Waals surface area contributed by atoms with Crippen LogP contribution in [-0.2, 0) is 0 Å².